The normalized spacial score (nSPS) is 10.6. The molecule has 0 bridgehead atoms. The van der Waals surface area contributed by atoms with Crippen molar-refractivity contribution in [1.29, 1.82) is 0 Å². The topological polar surface area (TPSA) is 25.2 Å². The maximum Gasteiger partial charge on any atom is 0.0868 e. The molecule has 1 N–H and O–H groups in total. The molecule has 0 aliphatic heterocycles. The van der Waals surface area contributed by atoms with E-state index in [4.69, 9.17) is 0 Å². The predicted molar refractivity (Wildman–Crippen MR) is 43.6 cm³/mol. The highest BCUT2D eigenvalue weighted by atomic mass is 16.5. The van der Waals surface area contributed by atoms with Crippen LogP contribution < -0.4 is 0 Å². The molecule has 0 saturated heterocycles. The van der Waals surface area contributed by atoms with Gasteiger partial charge >= 0.3 is 0 Å². The smallest absolute Gasteiger partial charge is 0.0868 e. The van der Waals surface area contributed by atoms with E-state index in [1.807, 2.05) is 24.3 Å². The maximum absolute atomic E-state index is 9.27. The van der Waals surface area contributed by atoms with Crippen LogP contribution in [0.5, 0.6) is 0 Å². The Labute approximate surface area is 64.6 Å². The van der Waals surface area contributed by atoms with Gasteiger partial charge in [0, 0.05) is 11.6 Å². The first kappa shape index (κ1) is 6.28. The van der Waals surface area contributed by atoms with Gasteiger partial charge in [0.15, 0.2) is 0 Å². The molecule has 2 heteroatoms. The standard InChI is InChI=1S/C9H8NO/c1-7-6-10(11)9-5-3-2-4-8(7)9/h2-6,11H,1H2. The van der Waals surface area contributed by atoms with Gasteiger partial charge in [0.2, 0.25) is 0 Å². The van der Waals surface area contributed by atoms with Crippen LogP contribution in [0.2, 0.25) is 0 Å². The second-order valence-electron chi connectivity index (χ2n) is 2.52. The Morgan fingerprint density at radius 1 is 1.27 bits per heavy atom. The minimum Gasteiger partial charge on any atom is -0.428 e. The lowest BCUT2D eigenvalue weighted by molar-refractivity contribution is 0.200. The van der Waals surface area contributed by atoms with E-state index in [0.29, 0.717) is 0 Å². The van der Waals surface area contributed by atoms with E-state index in [0.717, 1.165) is 21.2 Å². The van der Waals surface area contributed by atoms with E-state index in [-0.39, 0.29) is 0 Å². The van der Waals surface area contributed by atoms with Crippen molar-refractivity contribution in [3.63, 3.8) is 0 Å². The van der Waals surface area contributed by atoms with Crippen LogP contribution in [0.15, 0.2) is 30.5 Å². The molecule has 2 rings (SSSR count). The van der Waals surface area contributed by atoms with Crippen LogP contribution in [0.25, 0.3) is 10.9 Å². The fraction of sp³-hybridized carbons (Fsp3) is 0. The first-order chi connectivity index (χ1) is 5.29. The largest absolute Gasteiger partial charge is 0.428 e. The highest BCUT2D eigenvalue weighted by Crippen LogP contribution is 2.18. The molecule has 0 aliphatic rings. The Morgan fingerprint density at radius 2 is 2.00 bits per heavy atom. The molecule has 0 fully saturated rings. The molecule has 0 aliphatic carbocycles. The molecule has 1 aromatic heterocycles. The van der Waals surface area contributed by atoms with Crippen LogP contribution in [-0.4, -0.2) is 9.94 Å². The van der Waals surface area contributed by atoms with E-state index >= 15 is 0 Å². The van der Waals surface area contributed by atoms with Gasteiger partial charge in [-0.3, -0.25) is 0 Å². The zero-order chi connectivity index (χ0) is 7.84. The van der Waals surface area contributed by atoms with Gasteiger partial charge in [-0.05, 0) is 18.6 Å². The Hall–Kier alpha value is -1.44. The lowest BCUT2D eigenvalue weighted by atomic mass is 10.2. The van der Waals surface area contributed by atoms with Crippen LogP contribution >= 0.6 is 0 Å². The summed E-state index contributed by atoms with van der Waals surface area (Å²) in [6.07, 6.45) is 1.60. The zero-order valence-corrected chi connectivity index (χ0v) is 5.99. The number of hydrogen-bond donors (Lipinski definition) is 1. The van der Waals surface area contributed by atoms with E-state index in [2.05, 4.69) is 6.92 Å². The average Bonchev–Trinajstić information content (AvgIpc) is 2.30. The van der Waals surface area contributed by atoms with E-state index < -0.39 is 0 Å². The van der Waals surface area contributed by atoms with Gasteiger partial charge < -0.3 is 5.21 Å². The van der Waals surface area contributed by atoms with Crippen molar-refractivity contribution in [2.75, 3.05) is 0 Å². The summed E-state index contributed by atoms with van der Waals surface area (Å²) in [5.74, 6) is 0. The fourth-order valence-corrected chi connectivity index (χ4v) is 1.23. The molecule has 55 valence electrons. The number of aromatic nitrogens is 1. The lowest BCUT2D eigenvalue weighted by Crippen LogP contribution is -1.84. The van der Waals surface area contributed by atoms with Crippen LogP contribution in [0.1, 0.15) is 5.56 Å². The summed E-state index contributed by atoms with van der Waals surface area (Å²) >= 11 is 0. The van der Waals surface area contributed by atoms with E-state index in [1.165, 1.54) is 0 Å². The van der Waals surface area contributed by atoms with Gasteiger partial charge in [0.25, 0.3) is 0 Å². The van der Waals surface area contributed by atoms with Gasteiger partial charge in [-0.15, -0.1) is 0 Å². The Kier molecular flexibility index (Phi) is 1.15. The second kappa shape index (κ2) is 2.02. The number of para-hydroxylation sites is 1. The van der Waals surface area contributed by atoms with E-state index in [9.17, 15) is 5.21 Å². The molecule has 1 aromatic carbocycles. The van der Waals surface area contributed by atoms with Crippen molar-refractivity contribution in [1.82, 2.24) is 4.73 Å². The molecule has 2 aromatic rings. The summed E-state index contributed by atoms with van der Waals surface area (Å²) in [4.78, 5) is 0. The number of rotatable bonds is 0. The molecule has 0 amide bonds. The highest BCUT2D eigenvalue weighted by molar-refractivity contribution is 5.84. The molecule has 11 heavy (non-hydrogen) atoms. The van der Waals surface area contributed by atoms with Crippen molar-refractivity contribution in [3.05, 3.63) is 42.9 Å². The third-order valence-electron chi connectivity index (χ3n) is 1.77. The first-order valence-corrected chi connectivity index (χ1v) is 3.40. The number of hydrogen-bond acceptors (Lipinski definition) is 1. The molecule has 0 unspecified atom stereocenters. The average molecular weight is 146 g/mol. The molecule has 0 spiro atoms. The van der Waals surface area contributed by atoms with Gasteiger partial charge in [0.05, 0.1) is 5.52 Å². The maximum atomic E-state index is 9.27. The van der Waals surface area contributed by atoms with Crippen molar-refractivity contribution in [2.45, 2.75) is 0 Å². The predicted octanol–water partition coefficient (Wildman–Crippen LogP) is 2.06. The molecule has 1 heterocycles. The first-order valence-electron chi connectivity index (χ1n) is 3.40. The Morgan fingerprint density at radius 3 is 2.73 bits per heavy atom. The van der Waals surface area contributed by atoms with Crippen LogP contribution in [0, 0.1) is 6.92 Å². The summed E-state index contributed by atoms with van der Waals surface area (Å²) < 4.78 is 1.09. The SMILES string of the molecule is [CH2]c1cn(O)c2ccccc12. The molecular formula is C9H8NO. The van der Waals surface area contributed by atoms with Crippen molar-refractivity contribution in [2.24, 2.45) is 0 Å². The molecule has 0 saturated carbocycles. The van der Waals surface area contributed by atoms with Crippen molar-refractivity contribution >= 4 is 10.9 Å². The van der Waals surface area contributed by atoms with Crippen LogP contribution in [0.4, 0.5) is 0 Å². The van der Waals surface area contributed by atoms with Gasteiger partial charge in [-0.25, -0.2) is 0 Å². The quantitative estimate of drug-likeness (QED) is 0.565. The Balaban J connectivity index is 2.95. The van der Waals surface area contributed by atoms with Gasteiger partial charge in [0.1, 0.15) is 0 Å². The molecular weight excluding hydrogens is 138 g/mol. The fourth-order valence-electron chi connectivity index (χ4n) is 1.23. The van der Waals surface area contributed by atoms with Gasteiger partial charge in [-0.2, -0.15) is 4.73 Å². The van der Waals surface area contributed by atoms with Crippen LogP contribution in [0.3, 0.4) is 0 Å². The van der Waals surface area contributed by atoms with Crippen LogP contribution in [-0.2, 0) is 0 Å². The van der Waals surface area contributed by atoms with E-state index in [1.54, 1.807) is 6.20 Å². The molecule has 2 nitrogen and oxygen atoms in total. The van der Waals surface area contributed by atoms with Crippen molar-refractivity contribution in [3.8, 4) is 0 Å². The van der Waals surface area contributed by atoms with Gasteiger partial charge in [-0.1, -0.05) is 18.2 Å². The number of fused-ring (bicyclic) bond motifs is 1. The monoisotopic (exact) mass is 146 g/mol. The summed E-state index contributed by atoms with van der Waals surface area (Å²) in [7, 11) is 0. The lowest BCUT2D eigenvalue weighted by Gasteiger charge is -1.91. The third kappa shape index (κ3) is 0.792. The summed E-state index contributed by atoms with van der Waals surface area (Å²) in [5, 5.41) is 10.3. The highest BCUT2D eigenvalue weighted by Gasteiger charge is 2.01. The molecule has 0 atom stereocenters. The molecule has 1 radical (unpaired) electrons. The Bertz CT molecular complexity index is 353. The summed E-state index contributed by atoms with van der Waals surface area (Å²) in [6, 6.07) is 7.60. The minimum atomic E-state index is 0.803. The third-order valence-corrected chi connectivity index (χ3v) is 1.77. The van der Waals surface area contributed by atoms with Crippen molar-refractivity contribution < 1.29 is 5.21 Å². The summed E-state index contributed by atoms with van der Waals surface area (Å²) in [5.41, 5.74) is 1.65. The minimum absolute atomic E-state index is 0.803. The number of nitrogens with zero attached hydrogens (tertiary/aromatic N) is 1. The summed E-state index contributed by atoms with van der Waals surface area (Å²) in [6.45, 7) is 3.79. The second-order valence-corrected chi connectivity index (χ2v) is 2.52. The zero-order valence-electron chi connectivity index (χ0n) is 5.99. The number of benzene rings is 1.